The highest BCUT2D eigenvalue weighted by atomic mass is 33.1. The van der Waals surface area contributed by atoms with Crippen LogP contribution in [-0.2, 0) is 32.4 Å². The molecular weight excluding hydrogens is 1020 g/mol. The molecule has 20 heteroatoms. The minimum Gasteiger partial charge on any atom is -0.425 e. The molecule has 14 nitrogen and oxygen atoms in total. The molecule has 3 aliphatic rings. The van der Waals surface area contributed by atoms with E-state index in [-0.39, 0.29) is 37.0 Å². The maximum absolute atomic E-state index is 13.0. The fraction of sp³-hybridized carbons (Fsp3) is 0.882. The molecule has 71 heavy (non-hydrogen) atoms. The number of carbonyl (C=O) groups excluding carboxylic acids is 2. The average Bonchev–Trinajstić information content (AvgIpc) is 3.91. The van der Waals surface area contributed by atoms with Gasteiger partial charge in [0.05, 0.1) is 42.8 Å². The molecule has 3 heterocycles. The zero-order chi connectivity index (χ0) is 57.1. The summed E-state index contributed by atoms with van der Waals surface area (Å²) in [6.45, 7) is 30.7. The number of likely N-dealkylation sites (tertiary alicyclic amines) is 1. The summed E-state index contributed by atoms with van der Waals surface area (Å²) in [5.41, 5.74) is -1.42. The van der Waals surface area contributed by atoms with Crippen molar-refractivity contribution >= 4 is 84.8 Å². The van der Waals surface area contributed by atoms with Crippen LogP contribution in [0.1, 0.15) is 177 Å². The van der Waals surface area contributed by atoms with E-state index in [9.17, 15) is 9.59 Å². The summed E-state index contributed by atoms with van der Waals surface area (Å²) in [6, 6.07) is 1.17. The van der Waals surface area contributed by atoms with Gasteiger partial charge in [-0.3, -0.25) is 24.5 Å². The molecule has 6 atom stereocenters. The van der Waals surface area contributed by atoms with Gasteiger partial charge >= 0.3 is 17.1 Å². The van der Waals surface area contributed by atoms with Gasteiger partial charge in [-0.25, -0.2) is 9.34 Å². The molecule has 0 aliphatic carbocycles. The standard InChI is InChI=1S/C21H34N3O5P.C21H45N2O2PS2.C7H16S2.2CH4O/c1-8-22-13-28-30(24(14(2)3)15(4)5)27-12-11-23-18(25)16-17(19(23)26)21(7)10-9-20(16,6)29-21;1-7-9-10-14-17-27-28-18-15-12-11-13-16-24-26(25-19-22-8-2)23(20(3)4)21(5)6;1-3-5-7-9-8-6-4-2;2*1-2/h9-10,13-17H,8,11-12H2,1-7H3;19-21H,7-18H2,1-6H3;3-7H2,1-2H3;2*2H,1H3/t16-,17+,20?,21?,30?;;;;/i;1D;2D;2*2T. The van der Waals surface area contributed by atoms with E-state index in [2.05, 4.69) is 91.9 Å². The van der Waals surface area contributed by atoms with Crippen LogP contribution in [0.5, 0.6) is 0 Å². The Bertz CT molecular complexity index is 1440. The predicted octanol–water partition coefficient (Wildman–Crippen LogP) is 13.9. The Morgan fingerprint density at radius 2 is 1.08 bits per heavy atom. The number of rotatable bonds is 36. The van der Waals surface area contributed by atoms with Gasteiger partial charge in [0, 0.05) is 77.2 Å². The summed E-state index contributed by atoms with van der Waals surface area (Å²) in [5.74, 6) is 3.66. The normalized spacial score (nSPS) is 21.7. The zero-order valence-electron chi connectivity index (χ0n) is 50.8. The lowest BCUT2D eigenvalue weighted by Gasteiger charge is -2.34. The van der Waals surface area contributed by atoms with Crippen LogP contribution < -0.4 is 0 Å². The van der Waals surface area contributed by atoms with Crippen LogP contribution in [0.4, 0.5) is 0 Å². The smallest absolute Gasteiger partial charge is 0.322 e. The number of hydrogen-bond donors (Lipinski definition) is 2. The summed E-state index contributed by atoms with van der Waals surface area (Å²) < 4.78 is 59.7. The van der Waals surface area contributed by atoms with E-state index in [0.29, 0.717) is 32.4 Å². The number of aliphatic hydroxyl groups excluding tert-OH is 2. The van der Waals surface area contributed by atoms with Gasteiger partial charge in [0.2, 0.25) is 14.7 Å². The second kappa shape index (κ2) is 44.9. The van der Waals surface area contributed by atoms with Gasteiger partial charge in [-0.05, 0) is 115 Å². The van der Waals surface area contributed by atoms with E-state index < -0.39 is 40.1 Å². The molecule has 3 aliphatic heterocycles. The molecule has 0 aromatic rings. The van der Waals surface area contributed by atoms with Gasteiger partial charge in [0.1, 0.15) is 0 Å². The summed E-state index contributed by atoms with van der Waals surface area (Å²) in [6.07, 6.45) is 20.2. The Kier molecular flexibility index (Phi) is 41.1. The SMILES string of the molecule is CCN=COP(OCCN1C(=O)[C@@H]2[C@H](C1=O)C1(C)C=CC2(C)O1)N(C(C)C)C(C)C.[2H]CCCCCCSSCCCCCCOP(OC=NCC)N(C(C)C)C(C)C.[2H]CCCSSCCCC.[3H]OC.[3H]OC. The number of nitrogens with zero attached hydrogens (tertiary/aromatic N) is 5. The first-order chi connectivity index (χ1) is 35.8. The van der Waals surface area contributed by atoms with Crippen LogP contribution in [0.3, 0.4) is 0 Å². The highest BCUT2D eigenvalue weighted by molar-refractivity contribution is 8.77. The predicted molar refractivity (Wildman–Crippen MR) is 315 cm³/mol. The molecule has 0 radical (unpaired) electrons. The summed E-state index contributed by atoms with van der Waals surface area (Å²) in [5, 5.41) is 7.00. The van der Waals surface area contributed by atoms with Gasteiger partial charge in [0.15, 0.2) is 12.8 Å². The molecule has 2 fully saturated rings. The molecule has 0 saturated carbocycles. The van der Waals surface area contributed by atoms with Crippen molar-refractivity contribution in [1.29, 1.82) is 2.86 Å². The van der Waals surface area contributed by atoms with Gasteiger partial charge < -0.3 is 33.0 Å². The van der Waals surface area contributed by atoms with Crippen LogP contribution in [0.25, 0.3) is 0 Å². The second-order valence-corrected chi connectivity index (χ2v) is 26.3. The minimum atomic E-state index is -1.40. The number of unbranched alkanes of at least 4 members (excludes halogenated alkanes) is 7. The summed E-state index contributed by atoms with van der Waals surface area (Å²) >= 11 is 0. The molecule has 2 N–H and O–H groups in total. The number of hydrogen-bond acceptors (Lipinski definition) is 17. The highest BCUT2D eigenvalue weighted by Gasteiger charge is 2.70. The minimum absolute atomic E-state index is 0.174. The molecule has 2 amide bonds. The van der Waals surface area contributed by atoms with Crippen molar-refractivity contribution < 1.29 is 45.4 Å². The molecule has 3 rings (SSSR count). The van der Waals surface area contributed by atoms with Crippen molar-refractivity contribution in [3.8, 4) is 0 Å². The first-order valence-corrected chi connectivity index (χ1v) is 33.1. The van der Waals surface area contributed by atoms with Crippen LogP contribution in [0.2, 0.25) is 0 Å². The van der Waals surface area contributed by atoms with Gasteiger partial charge in [-0.2, -0.15) is 0 Å². The van der Waals surface area contributed by atoms with Crippen molar-refractivity contribution in [2.75, 3.05) is 70.1 Å². The average molecular weight is 1130 g/mol. The lowest BCUT2D eigenvalue weighted by Crippen LogP contribution is -2.41. The topological polar surface area (TPSA) is 155 Å². The van der Waals surface area contributed by atoms with Crippen LogP contribution >= 0.6 is 60.2 Å². The third-order valence-corrected chi connectivity index (χ3v) is 20.0. The molecule has 420 valence electrons. The molecule has 4 unspecified atom stereocenters. The Morgan fingerprint density at radius 1 is 0.676 bits per heavy atom. The molecular formula is C51H103N5O9P2S4. The lowest BCUT2D eigenvalue weighted by molar-refractivity contribution is -0.146. The number of carbonyl (C=O) groups is 2. The van der Waals surface area contributed by atoms with E-state index in [1.54, 1.807) is 6.40 Å². The third-order valence-electron chi connectivity index (χ3n) is 10.9. The molecule has 2 saturated heterocycles. The van der Waals surface area contributed by atoms with Gasteiger partial charge in [-0.1, -0.05) is 115 Å². The Morgan fingerprint density at radius 3 is 1.51 bits per heavy atom. The lowest BCUT2D eigenvalue weighted by atomic mass is 9.73. The molecule has 0 aromatic heterocycles. The van der Waals surface area contributed by atoms with Crippen molar-refractivity contribution in [2.24, 2.45) is 21.8 Å². The number of fused-ring (bicyclic) bond motifs is 5. The largest absolute Gasteiger partial charge is 0.425 e. The number of aliphatic hydroxyl groups is 2. The van der Waals surface area contributed by atoms with Crippen molar-refractivity contribution in [3.05, 3.63) is 12.2 Å². The number of aliphatic imine (C=N–C) groups is 2. The van der Waals surface area contributed by atoms with E-state index in [0.717, 1.165) is 38.2 Å². The van der Waals surface area contributed by atoms with E-state index in [4.69, 9.17) is 28.4 Å². The Hall–Kier alpha value is -0.200. The number of amides is 2. The molecule has 0 spiro atoms. The van der Waals surface area contributed by atoms with E-state index in [1.807, 2.05) is 83.0 Å². The second-order valence-electron chi connectivity index (χ2n) is 18.1. The maximum Gasteiger partial charge on any atom is 0.322 e. The monoisotopic (exact) mass is 1130 g/mol. The summed E-state index contributed by atoms with van der Waals surface area (Å²) in [7, 11) is 7.99. The third kappa shape index (κ3) is 28.7. The van der Waals surface area contributed by atoms with Crippen LogP contribution in [-0.4, -0.2) is 157 Å². The van der Waals surface area contributed by atoms with Crippen molar-refractivity contribution in [1.82, 2.24) is 14.2 Å². The van der Waals surface area contributed by atoms with Gasteiger partial charge in [-0.15, -0.1) is 0 Å². The van der Waals surface area contributed by atoms with Crippen molar-refractivity contribution in [3.63, 3.8) is 0 Å². The Balaban J connectivity index is 0. The van der Waals surface area contributed by atoms with E-state index in [1.165, 1.54) is 94.1 Å². The maximum atomic E-state index is 13.0. The zero-order valence-corrected chi connectivity index (χ0v) is 51.8. The fourth-order valence-electron chi connectivity index (χ4n) is 7.84. The molecule has 0 aromatic carbocycles. The van der Waals surface area contributed by atoms with Crippen LogP contribution in [0, 0.1) is 11.8 Å². The first-order valence-electron chi connectivity index (χ1n) is 28.1. The Labute approximate surface area is 458 Å². The first kappa shape index (κ1) is 65.1. The van der Waals surface area contributed by atoms with E-state index >= 15 is 0 Å². The quantitative estimate of drug-likeness (QED) is 0.0116. The molecule has 2 bridgehead atoms. The van der Waals surface area contributed by atoms with Gasteiger partial charge in [0.25, 0.3) is 0 Å². The highest BCUT2D eigenvalue weighted by Crippen LogP contribution is 2.57. The van der Waals surface area contributed by atoms with Crippen molar-refractivity contribution in [2.45, 2.75) is 210 Å². The fourth-order valence-corrected chi connectivity index (χ4v) is 15.2. The van der Waals surface area contributed by atoms with Crippen LogP contribution in [0.15, 0.2) is 22.1 Å². The number of imide groups is 1. The number of ether oxygens (including phenoxy) is 1. The summed E-state index contributed by atoms with van der Waals surface area (Å²) in [4.78, 5) is 35.7.